The Morgan fingerprint density at radius 1 is 1.30 bits per heavy atom. The van der Waals surface area contributed by atoms with Crippen molar-refractivity contribution in [3.63, 3.8) is 0 Å². The van der Waals surface area contributed by atoms with Gasteiger partial charge in [0.1, 0.15) is 0 Å². The first-order valence-electron chi connectivity index (χ1n) is 11.0. The number of carbonyl (C=O) groups excluding carboxylic acids is 1. The monoisotopic (exact) mass is 423 g/mol. The molecule has 3 atom stereocenters. The zero-order valence-electron chi connectivity index (χ0n) is 18.7. The summed E-state index contributed by atoms with van der Waals surface area (Å²) in [6.07, 6.45) is 8.90. The van der Waals surface area contributed by atoms with Crippen LogP contribution in [-0.2, 0) is 23.7 Å². The molecule has 30 heavy (non-hydrogen) atoms. The number of nitrogens with one attached hydrogen (secondary N) is 1. The summed E-state index contributed by atoms with van der Waals surface area (Å²) in [7, 11) is 0. The van der Waals surface area contributed by atoms with E-state index >= 15 is 0 Å². The molecule has 0 radical (unpaired) electrons. The molecule has 1 amide bonds. The largest absolute Gasteiger partial charge is 0.393 e. The summed E-state index contributed by atoms with van der Waals surface area (Å²) in [5, 5.41) is 12.1. The van der Waals surface area contributed by atoms with Gasteiger partial charge in [0.2, 0.25) is 5.91 Å². The summed E-state index contributed by atoms with van der Waals surface area (Å²) >= 11 is 0. The van der Waals surface area contributed by atoms with E-state index in [1.165, 1.54) is 0 Å². The summed E-state index contributed by atoms with van der Waals surface area (Å²) < 4.78 is 23.3. The van der Waals surface area contributed by atoms with Gasteiger partial charge in [0.15, 0.2) is 6.29 Å². The standard InChI is InChI=1S/C23H37NO6/c1-16(5-8-19-11-23(15-29-23)14-22(3,4)30-19)6-10-21-27-12-18(13-28-21)24-20(26)9-7-17(2)25/h5-6,8,17-19,21,25H,7,9-15H2,1-4H3,(H,24,26)/b8-5+,16-6+/t17-,18?,19+,21?,23+/m0/s1. The number of amides is 1. The van der Waals surface area contributed by atoms with Crippen LogP contribution >= 0.6 is 0 Å². The van der Waals surface area contributed by atoms with E-state index in [1.54, 1.807) is 6.92 Å². The van der Waals surface area contributed by atoms with Crippen LogP contribution in [0.25, 0.3) is 0 Å². The van der Waals surface area contributed by atoms with E-state index in [0.717, 1.165) is 25.0 Å². The first kappa shape index (κ1) is 23.4. The third-order valence-corrected chi connectivity index (χ3v) is 5.67. The average Bonchev–Trinajstić information content (AvgIpc) is 3.40. The van der Waals surface area contributed by atoms with E-state index in [9.17, 15) is 9.90 Å². The normalized spacial score (nSPS) is 34.8. The summed E-state index contributed by atoms with van der Waals surface area (Å²) in [5.41, 5.74) is 1.00. The van der Waals surface area contributed by atoms with Crippen LogP contribution in [0, 0.1) is 0 Å². The van der Waals surface area contributed by atoms with E-state index in [1.807, 2.05) is 0 Å². The van der Waals surface area contributed by atoms with E-state index in [0.29, 0.717) is 32.5 Å². The minimum absolute atomic E-state index is 0.0282. The predicted molar refractivity (Wildman–Crippen MR) is 113 cm³/mol. The van der Waals surface area contributed by atoms with Crippen LogP contribution in [-0.4, -0.2) is 66.6 Å². The lowest BCUT2D eigenvalue weighted by molar-refractivity contribution is -0.188. The number of aliphatic hydroxyl groups is 1. The summed E-state index contributed by atoms with van der Waals surface area (Å²) in [4.78, 5) is 11.8. The number of epoxide rings is 1. The SMILES string of the molecule is CC(/C=C/[C@@H]1C[C@]2(CO2)CC(C)(C)O1)=C\CC1OCC(NC(=O)CC[C@H](C)O)CO1. The van der Waals surface area contributed by atoms with Crippen LogP contribution < -0.4 is 5.32 Å². The molecule has 2 N–H and O–H groups in total. The van der Waals surface area contributed by atoms with Gasteiger partial charge >= 0.3 is 0 Å². The number of ether oxygens (including phenoxy) is 4. The Morgan fingerprint density at radius 3 is 2.63 bits per heavy atom. The highest BCUT2D eigenvalue weighted by atomic mass is 16.7. The van der Waals surface area contributed by atoms with Crippen LogP contribution in [0.1, 0.15) is 59.8 Å². The first-order valence-corrected chi connectivity index (χ1v) is 11.0. The molecule has 0 bridgehead atoms. The highest BCUT2D eigenvalue weighted by Crippen LogP contribution is 2.46. The van der Waals surface area contributed by atoms with Gasteiger partial charge in [-0.25, -0.2) is 0 Å². The van der Waals surface area contributed by atoms with Crippen LogP contribution in [0.5, 0.6) is 0 Å². The fourth-order valence-corrected chi connectivity index (χ4v) is 4.15. The minimum atomic E-state index is -0.470. The second-order valence-electron chi connectivity index (χ2n) is 9.56. The maximum absolute atomic E-state index is 11.8. The molecule has 0 unspecified atom stereocenters. The maximum Gasteiger partial charge on any atom is 0.220 e. The number of allylic oxidation sites excluding steroid dienone is 2. The number of hydrogen-bond acceptors (Lipinski definition) is 6. The predicted octanol–water partition coefficient (Wildman–Crippen LogP) is 2.62. The Labute approximate surface area is 179 Å². The Morgan fingerprint density at radius 2 is 2.00 bits per heavy atom. The van der Waals surface area contributed by atoms with Crippen molar-refractivity contribution in [2.45, 2.75) is 95.5 Å². The molecule has 7 nitrogen and oxygen atoms in total. The topological polar surface area (TPSA) is 89.5 Å². The molecule has 3 aliphatic rings. The average molecular weight is 424 g/mol. The van der Waals surface area contributed by atoms with Gasteiger partial charge in [-0.1, -0.05) is 23.8 Å². The van der Waals surface area contributed by atoms with Crippen molar-refractivity contribution in [3.05, 3.63) is 23.8 Å². The Balaban J connectivity index is 1.37. The molecule has 3 saturated heterocycles. The van der Waals surface area contributed by atoms with E-state index in [2.05, 4.69) is 44.3 Å². The smallest absolute Gasteiger partial charge is 0.220 e. The molecule has 0 aromatic heterocycles. The quantitative estimate of drug-likeness (QED) is 0.461. The van der Waals surface area contributed by atoms with E-state index in [4.69, 9.17) is 18.9 Å². The zero-order valence-corrected chi connectivity index (χ0v) is 18.7. The van der Waals surface area contributed by atoms with Gasteiger partial charge in [0, 0.05) is 25.7 Å². The lowest BCUT2D eigenvalue weighted by Gasteiger charge is -2.38. The summed E-state index contributed by atoms with van der Waals surface area (Å²) in [6.45, 7) is 9.69. The molecule has 1 spiro atoms. The van der Waals surface area contributed by atoms with Crippen molar-refractivity contribution < 1.29 is 28.8 Å². The van der Waals surface area contributed by atoms with Gasteiger partial charge in [-0.3, -0.25) is 4.79 Å². The third kappa shape index (κ3) is 7.46. The lowest BCUT2D eigenvalue weighted by Crippen LogP contribution is -2.47. The molecular weight excluding hydrogens is 386 g/mol. The summed E-state index contributed by atoms with van der Waals surface area (Å²) in [6, 6.07) is -0.142. The first-order chi connectivity index (χ1) is 14.1. The van der Waals surface area contributed by atoms with Gasteiger partial charge in [0.05, 0.1) is 49.3 Å². The van der Waals surface area contributed by atoms with Gasteiger partial charge in [-0.05, 0) is 34.1 Å². The molecule has 0 aromatic rings. The molecule has 3 aliphatic heterocycles. The maximum atomic E-state index is 11.8. The molecule has 3 rings (SSSR count). The van der Waals surface area contributed by atoms with Crippen molar-refractivity contribution >= 4 is 5.91 Å². The number of aliphatic hydroxyl groups excluding tert-OH is 1. The molecular formula is C23H37NO6. The second-order valence-corrected chi connectivity index (χ2v) is 9.56. The van der Waals surface area contributed by atoms with Gasteiger partial charge in [-0.2, -0.15) is 0 Å². The molecule has 3 fully saturated rings. The van der Waals surface area contributed by atoms with Crippen molar-refractivity contribution in [1.82, 2.24) is 5.32 Å². The molecule has 170 valence electrons. The zero-order chi connectivity index (χ0) is 21.8. The minimum Gasteiger partial charge on any atom is -0.393 e. The Bertz CT molecular complexity index is 638. The molecule has 0 aromatic carbocycles. The summed E-state index contributed by atoms with van der Waals surface area (Å²) in [5.74, 6) is -0.0843. The molecule has 0 saturated carbocycles. The highest BCUT2D eigenvalue weighted by molar-refractivity contribution is 5.76. The van der Waals surface area contributed by atoms with Crippen LogP contribution in [0.2, 0.25) is 0 Å². The van der Waals surface area contributed by atoms with Crippen molar-refractivity contribution in [2.24, 2.45) is 0 Å². The number of carbonyl (C=O) groups is 1. The fraction of sp³-hybridized carbons (Fsp3) is 0.783. The van der Waals surface area contributed by atoms with Crippen molar-refractivity contribution in [1.29, 1.82) is 0 Å². The highest BCUT2D eigenvalue weighted by Gasteiger charge is 2.53. The van der Waals surface area contributed by atoms with Gasteiger partial charge < -0.3 is 29.4 Å². The van der Waals surface area contributed by atoms with Crippen LogP contribution in [0.15, 0.2) is 23.8 Å². The van der Waals surface area contributed by atoms with E-state index in [-0.39, 0.29) is 35.5 Å². The lowest BCUT2D eigenvalue weighted by atomic mass is 9.85. The third-order valence-electron chi connectivity index (χ3n) is 5.67. The van der Waals surface area contributed by atoms with E-state index < -0.39 is 6.10 Å². The fourth-order valence-electron chi connectivity index (χ4n) is 4.15. The van der Waals surface area contributed by atoms with Crippen molar-refractivity contribution in [3.8, 4) is 0 Å². The molecule has 0 aliphatic carbocycles. The molecule has 7 heteroatoms. The Hall–Kier alpha value is -1.25. The number of hydrogen-bond donors (Lipinski definition) is 2. The van der Waals surface area contributed by atoms with Crippen molar-refractivity contribution in [2.75, 3.05) is 19.8 Å². The van der Waals surface area contributed by atoms with Gasteiger partial charge in [0.25, 0.3) is 0 Å². The van der Waals surface area contributed by atoms with Crippen LogP contribution in [0.3, 0.4) is 0 Å². The number of rotatable bonds is 8. The van der Waals surface area contributed by atoms with Gasteiger partial charge in [-0.15, -0.1) is 0 Å². The second kappa shape index (κ2) is 9.92. The Kier molecular flexibility index (Phi) is 7.74. The molecule has 3 heterocycles. The van der Waals surface area contributed by atoms with Crippen LogP contribution in [0.4, 0.5) is 0 Å².